The monoisotopic (exact) mass is 230 g/mol. The fraction of sp³-hybridized carbons (Fsp3) is 0. The van der Waals surface area contributed by atoms with Crippen LogP contribution in [0, 0.1) is 0 Å². The molecule has 0 aliphatic heterocycles. The van der Waals surface area contributed by atoms with Crippen molar-refractivity contribution in [1.29, 1.82) is 0 Å². The summed E-state index contributed by atoms with van der Waals surface area (Å²) >= 11 is 0. The number of hydrogen-bond donors (Lipinski definition) is 4. The van der Waals surface area contributed by atoms with Crippen LogP contribution in [0.25, 0.3) is 0 Å². The number of nitrogen functional groups attached to an aromatic ring is 2. The van der Waals surface area contributed by atoms with E-state index in [1.54, 1.807) is 0 Å². The molecule has 8 nitrogen and oxygen atoms in total. The van der Waals surface area contributed by atoms with E-state index < -0.39 is 0 Å². The van der Waals surface area contributed by atoms with Gasteiger partial charge in [-0.3, -0.25) is 0 Å². The van der Waals surface area contributed by atoms with Crippen LogP contribution in [0.3, 0.4) is 0 Å². The average Bonchev–Trinajstić information content (AvgIpc) is 2.72. The van der Waals surface area contributed by atoms with Crippen LogP contribution in [0.4, 0.5) is 11.6 Å². The van der Waals surface area contributed by atoms with Gasteiger partial charge in [0.05, 0.1) is 0 Å². The maximum absolute atomic E-state index is 5.50. The van der Waals surface area contributed by atoms with E-state index in [-0.39, 0.29) is 0 Å². The Morgan fingerprint density at radius 3 is 1.50 bits per heavy atom. The van der Waals surface area contributed by atoms with Crippen LogP contribution in [0.5, 0.6) is 0 Å². The van der Waals surface area contributed by atoms with Crippen LogP contribution in [-0.4, -0.2) is 30.8 Å². The van der Waals surface area contributed by atoms with Gasteiger partial charge in [-0.1, -0.05) is 0 Å². The summed E-state index contributed by atoms with van der Waals surface area (Å²) in [6.45, 7) is 0. The molecule has 74 valence electrons. The van der Waals surface area contributed by atoms with Crippen molar-refractivity contribution >= 4 is 33.2 Å². The highest BCUT2D eigenvalue weighted by atomic mass is 33.1. The summed E-state index contributed by atoms with van der Waals surface area (Å²) in [5, 5.41) is 21.0. The third kappa shape index (κ3) is 1.75. The second-order valence-corrected chi connectivity index (χ2v) is 4.30. The van der Waals surface area contributed by atoms with Gasteiger partial charge in [0, 0.05) is 0 Å². The van der Waals surface area contributed by atoms with Gasteiger partial charge in [0.2, 0.25) is 0 Å². The van der Waals surface area contributed by atoms with Crippen LogP contribution >= 0.6 is 21.6 Å². The summed E-state index contributed by atoms with van der Waals surface area (Å²) in [5.41, 5.74) is 11.0. The molecule has 0 radical (unpaired) electrons. The zero-order valence-electron chi connectivity index (χ0n) is 6.76. The number of nitrogens with one attached hydrogen (secondary N) is 2. The Morgan fingerprint density at radius 2 is 1.21 bits per heavy atom. The molecule has 2 rings (SSSR count). The molecule has 0 aliphatic rings. The number of rotatable bonds is 3. The highest BCUT2D eigenvalue weighted by Crippen LogP contribution is 2.38. The molecule has 10 heteroatoms. The van der Waals surface area contributed by atoms with Gasteiger partial charge in [0.15, 0.2) is 21.7 Å². The van der Waals surface area contributed by atoms with E-state index in [1.807, 2.05) is 0 Å². The number of nitrogens with zero attached hydrogens (tertiary/aromatic N) is 4. The molecule has 14 heavy (non-hydrogen) atoms. The van der Waals surface area contributed by atoms with E-state index in [9.17, 15) is 0 Å². The Hall–Kier alpha value is -1.42. The first-order chi connectivity index (χ1) is 6.77. The molecule has 0 fully saturated rings. The van der Waals surface area contributed by atoms with Gasteiger partial charge in [-0.25, -0.2) is 0 Å². The molecule has 0 unspecified atom stereocenters. The fourth-order valence-corrected chi connectivity index (χ4v) is 2.45. The van der Waals surface area contributed by atoms with Gasteiger partial charge in [0.1, 0.15) is 0 Å². The number of aromatic amines is 2. The molecule has 2 aromatic heterocycles. The van der Waals surface area contributed by atoms with Gasteiger partial charge < -0.3 is 11.5 Å². The van der Waals surface area contributed by atoms with Crippen molar-refractivity contribution in [2.45, 2.75) is 10.1 Å². The van der Waals surface area contributed by atoms with E-state index in [4.69, 9.17) is 11.5 Å². The number of aromatic nitrogens is 6. The number of anilines is 2. The average molecular weight is 230 g/mol. The molecule has 0 aliphatic carbocycles. The SMILES string of the molecule is Nc1n[nH]nc1SSc1n[nH]nc1N. The molecule has 0 bridgehead atoms. The third-order valence-corrected chi connectivity index (χ3v) is 3.48. The van der Waals surface area contributed by atoms with Crippen molar-refractivity contribution in [2.24, 2.45) is 0 Å². The van der Waals surface area contributed by atoms with Gasteiger partial charge >= 0.3 is 0 Å². The molecule has 2 aromatic rings. The Morgan fingerprint density at radius 1 is 0.786 bits per heavy atom. The predicted molar refractivity (Wildman–Crippen MR) is 53.3 cm³/mol. The Kier molecular flexibility index (Phi) is 2.45. The van der Waals surface area contributed by atoms with E-state index in [1.165, 1.54) is 21.6 Å². The van der Waals surface area contributed by atoms with Crippen LogP contribution in [0.2, 0.25) is 0 Å². The minimum atomic E-state index is 0.351. The first-order valence-electron chi connectivity index (χ1n) is 3.44. The number of nitrogens with two attached hydrogens (primary N) is 2. The first-order valence-corrected chi connectivity index (χ1v) is 5.59. The lowest BCUT2D eigenvalue weighted by molar-refractivity contribution is 0.911. The Balaban J connectivity index is 2.02. The van der Waals surface area contributed by atoms with Crippen molar-refractivity contribution in [3.63, 3.8) is 0 Å². The molecule has 0 aromatic carbocycles. The van der Waals surface area contributed by atoms with Crippen LogP contribution in [-0.2, 0) is 0 Å². The third-order valence-electron chi connectivity index (χ3n) is 1.28. The van der Waals surface area contributed by atoms with Crippen molar-refractivity contribution < 1.29 is 0 Å². The molecule has 0 spiro atoms. The van der Waals surface area contributed by atoms with Gasteiger partial charge in [-0.2, -0.15) is 10.4 Å². The molecule has 6 N–H and O–H groups in total. The van der Waals surface area contributed by atoms with E-state index >= 15 is 0 Å². The lowest BCUT2D eigenvalue weighted by Crippen LogP contribution is -1.86. The quantitative estimate of drug-likeness (QED) is 0.536. The summed E-state index contributed by atoms with van der Waals surface area (Å²) < 4.78 is 0. The smallest absolute Gasteiger partial charge is 0.180 e. The molecule has 0 amide bonds. The second kappa shape index (κ2) is 3.75. The van der Waals surface area contributed by atoms with Crippen molar-refractivity contribution in [2.75, 3.05) is 11.5 Å². The lowest BCUT2D eigenvalue weighted by Gasteiger charge is -1.93. The van der Waals surface area contributed by atoms with Crippen molar-refractivity contribution in [1.82, 2.24) is 30.8 Å². The first kappa shape index (κ1) is 9.15. The van der Waals surface area contributed by atoms with Crippen molar-refractivity contribution in [3.05, 3.63) is 0 Å². The zero-order valence-corrected chi connectivity index (χ0v) is 8.39. The van der Waals surface area contributed by atoms with Crippen LogP contribution < -0.4 is 11.5 Å². The fourth-order valence-electron chi connectivity index (χ4n) is 0.660. The standard InChI is InChI=1S/C4H6N8S2/c5-1-3(9-11-7-1)13-14-4-2(6)8-12-10-4/h(H3,5,7,9,11)(H3,6,8,10,12). The molecule has 2 heterocycles. The van der Waals surface area contributed by atoms with Gasteiger partial charge in [-0.05, 0) is 21.6 Å². The van der Waals surface area contributed by atoms with Crippen molar-refractivity contribution in [3.8, 4) is 0 Å². The Bertz CT molecular complexity index is 380. The second-order valence-electron chi connectivity index (χ2n) is 2.19. The number of hydrogen-bond acceptors (Lipinski definition) is 8. The topological polar surface area (TPSA) is 135 Å². The molecule has 0 saturated heterocycles. The Labute approximate surface area is 86.0 Å². The minimum Gasteiger partial charge on any atom is -0.380 e. The van der Waals surface area contributed by atoms with Gasteiger partial charge in [-0.15, -0.1) is 20.4 Å². The summed E-state index contributed by atoms with van der Waals surface area (Å²) in [5.74, 6) is 0.703. The summed E-state index contributed by atoms with van der Waals surface area (Å²) in [6.07, 6.45) is 0. The molecule has 0 saturated carbocycles. The molecule has 0 atom stereocenters. The molecular weight excluding hydrogens is 224 g/mol. The van der Waals surface area contributed by atoms with Crippen LogP contribution in [0.1, 0.15) is 0 Å². The maximum Gasteiger partial charge on any atom is 0.180 e. The van der Waals surface area contributed by atoms with Gasteiger partial charge in [0.25, 0.3) is 0 Å². The normalized spacial score (nSPS) is 10.6. The molecular formula is C4H6N8S2. The maximum atomic E-state index is 5.50. The lowest BCUT2D eigenvalue weighted by atomic mass is 10.8. The summed E-state index contributed by atoms with van der Waals surface area (Å²) in [4.78, 5) is 0. The van der Waals surface area contributed by atoms with Crippen LogP contribution in [0.15, 0.2) is 10.1 Å². The number of H-pyrrole nitrogens is 2. The highest BCUT2D eigenvalue weighted by molar-refractivity contribution is 8.76. The predicted octanol–water partition coefficient (Wildman–Crippen LogP) is -0.113. The zero-order chi connectivity index (χ0) is 9.97. The van der Waals surface area contributed by atoms with E-state index in [0.717, 1.165) is 0 Å². The minimum absolute atomic E-state index is 0.351. The largest absolute Gasteiger partial charge is 0.380 e. The summed E-state index contributed by atoms with van der Waals surface area (Å²) in [7, 11) is 2.62. The van der Waals surface area contributed by atoms with E-state index in [0.29, 0.717) is 21.7 Å². The summed E-state index contributed by atoms with van der Waals surface area (Å²) in [6, 6.07) is 0. The van der Waals surface area contributed by atoms with E-state index in [2.05, 4.69) is 30.8 Å². The highest BCUT2D eigenvalue weighted by Gasteiger charge is 2.09.